The van der Waals surface area contributed by atoms with Crippen molar-refractivity contribution in [3.63, 3.8) is 0 Å². The normalized spacial score (nSPS) is 14.3. The number of amides is 2. The van der Waals surface area contributed by atoms with Crippen LogP contribution >= 0.6 is 11.8 Å². The minimum Gasteiger partial charge on any atom is -0.467 e. The second kappa shape index (κ2) is 11.6. The van der Waals surface area contributed by atoms with E-state index in [2.05, 4.69) is 16.3 Å². The monoisotopic (exact) mass is 444 g/mol. The van der Waals surface area contributed by atoms with Crippen LogP contribution in [0.4, 0.5) is 0 Å². The van der Waals surface area contributed by atoms with Gasteiger partial charge in [-0.1, -0.05) is 18.2 Å². The highest BCUT2D eigenvalue weighted by Crippen LogP contribution is 2.21. The van der Waals surface area contributed by atoms with E-state index in [-0.39, 0.29) is 24.0 Å². The highest BCUT2D eigenvalue weighted by molar-refractivity contribution is 7.99. The average Bonchev–Trinajstić information content (AvgIpc) is 3.37. The van der Waals surface area contributed by atoms with Crippen molar-refractivity contribution in [1.82, 2.24) is 24.6 Å². The summed E-state index contributed by atoms with van der Waals surface area (Å²) in [6.07, 6.45) is 5.44. The van der Waals surface area contributed by atoms with E-state index in [4.69, 9.17) is 9.68 Å². The van der Waals surface area contributed by atoms with Gasteiger partial charge in [0.1, 0.15) is 5.76 Å². The Morgan fingerprint density at radius 1 is 1.35 bits per heavy atom. The number of likely N-dealkylation sites (tertiary alicyclic amines) is 1. The first-order chi connectivity index (χ1) is 15.1. The summed E-state index contributed by atoms with van der Waals surface area (Å²) in [6.45, 7) is 4.53. The molecule has 3 heterocycles. The zero-order chi connectivity index (χ0) is 22.1. The predicted molar refractivity (Wildman–Crippen MR) is 115 cm³/mol. The zero-order valence-electron chi connectivity index (χ0n) is 17.8. The second-order valence-electron chi connectivity index (χ2n) is 7.36. The molecule has 31 heavy (non-hydrogen) atoms. The Kier molecular flexibility index (Phi) is 8.53. The SMILES string of the molecule is CCn1c(CN2CCCCCC2=O)nnc1SCC(=O)N(CCC#N)Cc1ccco1. The van der Waals surface area contributed by atoms with E-state index in [9.17, 15) is 9.59 Å². The molecule has 0 atom stereocenters. The lowest BCUT2D eigenvalue weighted by atomic mass is 10.2. The van der Waals surface area contributed by atoms with E-state index >= 15 is 0 Å². The molecule has 0 saturated carbocycles. The largest absolute Gasteiger partial charge is 0.467 e. The summed E-state index contributed by atoms with van der Waals surface area (Å²) in [7, 11) is 0. The van der Waals surface area contributed by atoms with Crippen molar-refractivity contribution in [3.8, 4) is 6.07 Å². The molecule has 0 unspecified atom stereocenters. The van der Waals surface area contributed by atoms with Crippen molar-refractivity contribution in [2.75, 3.05) is 18.8 Å². The van der Waals surface area contributed by atoms with Crippen molar-refractivity contribution >= 4 is 23.6 Å². The van der Waals surface area contributed by atoms with E-state index < -0.39 is 0 Å². The summed E-state index contributed by atoms with van der Waals surface area (Å²) in [6, 6.07) is 5.67. The molecule has 0 spiro atoms. The summed E-state index contributed by atoms with van der Waals surface area (Å²) >= 11 is 1.32. The Morgan fingerprint density at radius 3 is 2.97 bits per heavy atom. The van der Waals surface area contributed by atoms with Crippen molar-refractivity contribution in [2.24, 2.45) is 0 Å². The van der Waals surface area contributed by atoms with E-state index in [1.54, 1.807) is 17.2 Å². The molecule has 1 saturated heterocycles. The van der Waals surface area contributed by atoms with Crippen LogP contribution in [0, 0.1) is 11.3 Å². The summed E-state index contributed by atoms with van der Waals surface area (Å²) < 4.78 is 7.30. The van der Waals surface area contributed by atoms with E-state index in [0.717, 1.165) is 31.6 Å². The van der Waals surface area contributed by atoms with Gasteiger partial charge in [0.05, 0.1) is 37.6 Å². The van der Waals surface area contributed by atoms with Crippen LogP contribution in [-0.2, 0) is 29.2 Å². The first-order valence-corrected chi connectivity index (χ1v) is 11.6. The third kappa shape index (κ3) is 6.34. The molecule has 10 heteroatoms. The number of hydrogen-bond acceptors (Lipinski definition) is 7. The maximum Gasteiger partial charge on any atom is 0.233 e. The van der Waals surface area contributed by atoms with Crippen LogP contribution in [0.5, 0.6) is 0 Å². The Hall–Kier alpha value is -2.80. The molecule has 166 valence electrons. The van der Waals surface area contributed by atoms with Gasteiger partial charge in [-0.3, -0.25) is 9.59 Å². The number of aromatic nitrogens is 3. The second-order valence-corrected chi connectivity index (χ2v) is 8.30. The van der Waals surface area contributed by atoms with Crippen molar-refractivity contribution in [2.45, 2.75) is 63.8 Å². The fourth-order valence-corrected chi connectivity index (χ4v) is 4.45. The molecule has 2 aromatic heterocycles. The molecule has 1 aliphatic heterocycles. The van der Waals surface area contributed by atoms with E-state index in [0.29, 0.717) is 43.5 Å². The van der Waals surface area contributed by atoms with Crippen LogP contribution < -0.4 is 0 Å². The summed E-state index contributed by atoms with van der Waals surface area (Å²) in [5, 5.41) is 18.1. The lowest BCUT2D eigenvalue weighted by Crippen LogP contribution is -2.32. The molecule has 3 rings (SSSR count). The van der Waals surface area contributed by atoms with Crippen LogP contribution in [0.1, 0.15) is 50.6 Å². The van der Waals surface area contributed by atoms with Crippen molar-refractivity contribution in [3.05, 3.63) is 30.0 Å². The smallest absolute Gasteiger partial charge is 0.233 e. The van der Waals surface area contributed by atoms with Crippen LogP contribution in [0.2, 0.25) is 0 Å². The quantitative estimate of drug-likeness (QED) is 0.518. The van der Waals surface area contributed by atoms with Gasteiger partial charge in [-0.25, -0.2) is 0 Å². The first kappa shape index (κ1) is 22.9. The van der Waals surface area contributed by atoms with Gasteiger partial charge in [0.2, 0.25) is 11.8 Å². The Balaban J connectivity index is 1.62. The lowest BCUT2D eigenvalue weighted by Gasteiger charge is -2.21. The number of nitriles is 1. The molecule has 0 aliphatic carbocycles. The molecule has 9 nitrogen and oxygen atoms in total. The minimum absolute atomic E-state index is 0.0912. The van der Waals surface area contributed by atoms with Crippen LogP contribution in [0.25, 0.3) is 0 Å². The van der Waals surface area contributed by atoms with Gasteiger partial charge in [0.25, 0.3) is 0 Å². The Bertz CT molecular complexity index is 905. The molecule has 2 aromatic rings. The van der Waals surface area contributed by atoms with Crippen LogP contribution in [-0.4, -0.2) is 55.2 Å². The van der Waals surface area contributed by atoms with E-state index in [1.165, 1.54) is 11.8 Å². The molecule has 0 N–H and O–H groups in total. The summed E-state index contributed by atoms with van der Waals surface area (Å²) in [5.41, 5.74) is 0. The van der Waals surface area contributed by atoms with Crippen molar-refractivity contribution < 1.29 is 14.0 Å². The molecule has 2 amide bonds. The molecule has 1 fully saturated rings. The molecule has 0 bridgehead atoms. The number of furan rings is 1. The standard InChI is InChI=1S/C21H28N6O3S/c1-2-27-18(15-26-11-5-3-4-9-19(26)28)23-24-21(27)31-16-20(29)25(12-7-10-22)14-17-8-6-13-30-17/h6,8,13H,2-5,7,9,11-12,14-16H2,1H3. The fourth-order valence-electron chi connectivity index (χ4n) is 3.52. The van der Waals surface area contributed by atoms with Gasteiger partial charge in [-0.2, -0.15) is 5.26 Å². The van der Waals surface area contributed by atoms with Gasteiger partial charge in [-0.15, -0.1) is 10.2 Å². The van der Waals surface area contributed by atoms with Gasteiger partial charge in [-0.05, 0) is 31.9 Å². The molecule has 0 aromatic carbocycles. The summed E-state index contributed by atoms with van der Waals surface area (Å²) in [4.78, 5) is 28.6. The first-order valence-electron chi connectivity index (χ1n) is 10.6. The number of nitrogens with zero attached hydrogens (tertiary/aromatic N) is 6. The third-order valence-electron chi connectivity index (χ3n) is 5.21. The highest BCUT2D eigenvalue weighted by atomic mass is 32.2. The highest BCUT2D eigenvalue weighted by Gasteiger charge is 2.22. The van der Waals surface area contributed by atoms with Crippen molar-refractivity contribution in [1.29, 1.82) is 5.26 Å². The van der Waals surface area contributed by atoms with Crippen LogP contribution in [0.3, 0.4) is 0 Å². The average molecular weight is 445 g/mol. The Labute approximate surface area is 186 Å². The zero-order valence-corrected chi connectivity index (χ0v) is 18.6. The minimum atomic E-state index is -0.0912. The number of carbonyl (C=O) groups is 2. The number of rotatable bonds is 10. The number of hydrogen-bond donors (Lipinski definition) is 0. The maximum atomic E-state index is 12.8. The topological polar surface area (TPSA) is 108 Å². The molecule has 1 aliphatic rings. The van der Waals surface area contributed by atoms with Gasteiger partial charge in [0, 0.05) is 26.1 Å². The lowest BCUT2D eigenvalue weighted by molar-refractivity contribution is -0.131. The number of carbonyl (C=O) groups excluding carboxylic acids is 2. The molecular formula is C21H28N6O3S. The van der Waals surface area contributed by atoms with Gasteiger partial charge in [0.15, 0.2) is 11.0 Å². The fraction of sp³-hybridized carbons (Fsp3) is 0.571. The van der Waals surface area contributed by atoms with Gasteiger partial charge < -0.3 is 18.8 Å². The number of thioether (sulfide) groups is 1. The molecule has 0 radical (unpaired) electrons. The molecular weight excluding hydrogens is 416 g/mol. The maximum absolute atomic E-state index is 12.8. The third-order valence-corrected chi connectivity index (χ3v) is 6.16. The summed E-state index contributed by atoms with van der Waals surface area (Å²) in [5.74, 6) is 1.68. The Morgan fingerprint density at radius 2 is 2.23 bits per heavy atom. The predicted octanol–water partition coefficient (Wildman–Crippen LogP) is 2.83. The van der Waals surface area contributed by atoms with Gasteiger partial charge >= 0.3 is 0 Å². The van der Waals surface area contributed by atoms with E-state index in [1.807, 2.05) is 22.5 Å². The van der Waals surface area contributed by atoms with Crippen LogP contribution in [0.15, 0.2) is 28.0 Å².